The summed E-state index contributed by atoms with van der Waals surface area (Å²) in [5, 5.41) is 2.53. The first-order valence-electron chi connectivity index (χ1n) is 7.35. The maximum absolute atomic E-state index is 13.9. The Kier molecular flexibility index (Phi) is 5.51. The molecule has 0 saturated heterocycles. The van der Waals surface area contributed by atoms with Crippen molar-refractivity contribution in [1.82, 2.24) is 4.31 Å². The molecule has 0 spiro atoms. The van der Waals surface area contributed by atoms with Crippen molar-refractivity contribution in [2.24, 2.45) is 0 Å². The monoisotopic (exact) mass is 384 g/mol. The molecular formula is C17H18ClFN2O3S. The van der Waals surface area contributed by atoms with Gasteiger partial charge in [-0.15, -0.1) is 0 Å². The summed E-state index contributed by atoms with van der Waals surface area (Å²) in [5.41, 5.74) is 1.35. The summed E-state index contributed by atoms with van der Waals surface area (Å²) >= 11 is 5.90. The number of halogens is 2. The average Bonchev–Trinajstić information content (AvgIpc) is 2.51. The van der Waals surface area contributed by atoms with Gasteiger partial charge in [-0.05, 0) is 49.2 Å². The zero-order valence-corrected chi connectivity index (χ0v) is 15.8. The molecule has 0 aliphatic heterocycles. The molecule has 0 aliphatic carbocycles. The van der Waals surface area contributed by atoms with Crippen LogP contribution in [0.4, 0.5) is 10.1 Å². The summed E-state index contributed by atoms with van der Waals surface area (Å²) in [4.78, 5) is 12.5. The molecule has 0 saturated carbocycles. The number of rotatable bonds is 4. The van der Waals surface area contributed by atoms with E-state index in [4.69, 9.17) is 11.6 Å². The highest BCUT2D eigenvalue weighted by atomic mass is 35.5. The lowest BCUT2D eigenvalue weighted by Gasteiger charge is -2.16. The van der Waals surface area contributed by atoms with Gasteiger partial charge in [0, 0.05) is 19.8 Å². The normalized spacial score (nSPS) is 11.6. The molecule has 2 aromatic rings. The molecule has 0 aliphatic rings. The molecule has 1 amide bonds. The summed E-state index contributed by atoms with van der Waals surface area (Å²) in [6, 6.07) is 6.81. The molecular weight excluding hydrogens is 367 g/mol. The fraction of sp³-hybridized carbons (Fsp3) is 0.235. The van der Waals surface area contributed by atoms with Gasteiger partial charge in [0.25, 0.3) is 5.91 Å². The molecule has 0 bridgehead atoms. The quantitative estimate of drug-likeness (QED) is 0.875. The number of nitrogens with one attached hydrogen (secondary N) is 1. The number of benzene rings is 2. The lowest BCUT2D eigenvalue weighted by molar-refractivity contribution is 0.102. The van der Waals surface area contributed by atoms with Gasteiger partial charge in [-0.1, -0.05) is 17.7 Å². The number of anilines is 1. The van der Waals surface area contributed by atoms with E-state index in [0.29, 0.717) is 11.1 Å². The van der Waals surface area contributed by atoms with Crippen molar-refractivity contribution in [2.45, 2.75) is 18.7 Å². The summed E-state index contributed by atoms with van der Waals surface area (Å²) < 4.78 is 39.7. The third kappa shape index (κ3) is 3.84. The van der Waals surface area contributed by atoms with Crippen molar-refractivity contribution in [2.75, 3.05) is 19.4 Å². The Morgan fingerprint density at radius 2 is 1.84 bits per heavy atom. The molecule has 8 heteroatoms. The number of hydrogen-bond donors (Lipinski definition) is 1. The van der Waals surface area contributed by atoms with E-state index in [-0.39, 0.29) is 21.2 Å². The first-order chi connectivity index (χ1) is 11.6. The van der Waals surface area contributed by atoms with Crippen LogP contribution in [0.2, 0.25) is 5.02 Å². The number of carbonyl (C=O) groups excluding carboxylic acids is 1. The van der Waals surface area contributed by atoms with E-state index < -0.39 is 21.7 Å². The van der Waals surface area contributed by atoms with Gasteiger partial charge < -0.3 is 5.32 Å². The van der Waals surface area contributed by atoms with Crippen molar-refractivity contribution >= 4 is 33.2 Å². The van der Waals surface area contributed by atoms with Gasteiger partial charge in [-0.2, -0.15) is 0 Å². The SMILES string of the molecule is Cc1cc(S(=O)(=O)N(C)C)cc(NC(=O)c2c(F)cccc2Cl)c1C. The first-order valence-corrected chi connectivity index (χ1v) is 9.16. The summed E-state index contributed by atoms with van der Waals surface area (Å²) in [6.07, 6.45) is 0. The van der Waals surface area contributed by atoms with Crippen LogP contribution in [0.5, 0.6) is 0 Å². The van der Waals surface area contributed by atoms with Crippen molar-refractivity contribution in [3.8, 4) is 0 Å². The van der Waals surface area contributed by atoms with Gasteiger partial charge in [0.1, 0.15) is 5.82 Å². The molecule has 134 valence electrons. The highest BCUT2D eigenvalue weighted by Crippen LogP contribution is 2.27. The lowest BCUT2D eigenvalue weighted by Crippen LogP contribution is -2.23. The Balaban J connectivity index is 2.50. The van der Waals surface area contributed by atoms with Crippen LogP contribution in [0, 0.1) is 19.7 Å². The second-order valence-corrected chi connectivity index (χ2v) is 8.31. The molecule has 0 heterocycles. The first kappa shape index (κ1) is 19.4. The molecule has 0 radical (unpaired) electrons. The number of hydrogen-bond acceptors (Lipinski definition) is 3. The maximum atomic E-state index is 13.9. The molecule has 0 aromatic heterocycles. The molecule has 5 nitrogen and oxygen atoms in total. The predicted octanol–water partition coefficient (Wildman–Crippen LogP) is 3.60. The second-order valence-electron chi connectivity index (χ2n) is 5.75. The summed E-state index contributed by atoms with van der Waals surface area (Å²) in [7, 11) is -0.836. The maximum Gasteiger partial charge on any atom is 0.260 e. The Morgan fingerprint density at radius 1 is 1.20 bits per heavy atom. The van der Waals surface area contributed by atoms with Crippen LogP contribution in [-0.4, -0.2) is 32.7 Å². The van der Waals surface area contributed by atoms with Gasteiger partial charge in [0.05, 0.1) is 15.5 Å². The molecule has 0 atom stereocenters. The Morgan fingerprint density at radius 3 is 2.40 bits per heavy atom. The summed E-state index contributed by atoms with van der Waals surface area (Å²) in [5.74, 6) is -1.50. The van der Waals surface area contributed by atoms with Crippen LogP contribution in [0.25, 0.3) is 0 Å². The lowest BCUT2D eigenvalue weighted by atomic mass is 10.1. The van der Waals surface area contributed by atoms with E-state index >= 15 is 0 Å². The third-order valence-corrected chi connectivity index (χ3v) is 5.97. The van der Waals surface area contributed by atoms with Crippen LogP contribution >= 0.6 is 11.6 Å². The third-order valence-electron chi connectivity index (χ3n) is 3.86. The van der Waals surface area contributed by atoms with Crippen molar-refractivity contribution in [3.63, 3.8) is 0 Å². The Bertz CT molecular complexity index is 923. The van der Waals surface area contributed by atoms with Crippen LogP contribution < -0.4 is 5.32 Å². The fourth-order valence-electron chi connectivity index (χ4n) is 2.22. The number of aryl methyl sites for hydroxylation is 1. The van der Waals surface area contributed by atoms with Crippen molar-refractivity contribution in [1.29, 1.82) is 0 Å². The highest BCUT2D eigenvalue weighted by Gasteiger charge is 2.22. The largest absolute Gasteiger partial charge is 0.322 e. The van der Waals surface area contributed by atoms with Crippen LogP contribution in [0.15, 0.2) is 35.2 Å². The van der Waals surface area contributed by atoms with E-state index in [0.717, 1.165) is 10.4 Å². The van der Waals surface area contributed by atoms with Gasteiger partial charge in [-0.3, -0.25) is 4.79 Å². The molecule has 0 unspecified atom stereocenters. The minimum atomic E-state index is -3.67. The number of sulfonamides is 1. The number of carbonyl (C=O) groups is 1. The van der Waals surface area contributed by atoms with E-state index in [1.54, 1.807) is 13.8 Å². The van der Waals surface area contributed by atoms with E-state index in [1.807, 2.05) is 0 Å². The minimum absolute atomic E-state index is 0.0241. The number of amides is 1. The predicted molar refractivity (Wildman–Crippen MR) is 96.2 cm³/mol. The zero-order chi connectivity index (χ0) is 18.9. The van der Waals surface area contributed by atoms with Gasteiger partial charge in [-0.25, -0.2) is 17.1 Å². The smallest absolute Gasteiger partial charge is 0.260 e. The van der Waals surface area contributed by atoms with Crippen LogP contribution in [0.3, 0.4) is 0 Å². The van der Waals surface area contributed by atoms with Crippen LogP contribution in [0.1, 0.15) is 21.5 Å². The topological polar surface area (TPSA) is 66.5 Å². The van der Waals surface area contributed by atoms with Gasteiger partial charge in [0.15, 0.2) is 0 Å². The van der Waals surface area contributed by atoms with E-state index in [1.165, 1.54) is 38.4 Å². The minimum Gasteiger partial charge on any atom is -0.322 e. The molecule has 25 heavy (non-hydrogen) atoms. The average molecular weight is 385 g/mol. The van der Waals surface area contributed by atoms with Gasteiger partial charge in [0.2, 0.25) is 10.0 Å². The summed E-state index contributed by atoms with van der Waals surface area (Å²) in [6.45, 7) is 3.47. The number of nitrogens with zero attached hydrogens (tertiary/aromatic N) is 1. The van der Waals surface area contributed by atoms with E-state index in [2.05, 4.69) is 5.32 Å². The Labute approximate surface area is 151 Å². The Hall–Kier alpha value is -1.96. The van der Waals surface area contributed by atoms with Crippen molar-refractivity contribution < 1.29 is 17.6 Å². The van der Waals surface area contributed by atoms with Crippen LogP contribution in [-0.2, 0) is 10.0 Å². The molecule has 2 rings (SSSR count). The van der Waals surface area contributed by atoms with Crippen molar-refractivity contribution in [3.05, 3.63) is 57.9 Å². The fourth-order valence-corrected chi connectivity index (χ4v) is 3.48. The molecule has 1 N–H and O–H groups in total. The second kappa shape index (κ2) is 7.11. The highest BCUT2D eigenvalue weighted by molar-refractivity contribution is 7.89. The molecule has 2 aromatic carbocycles. The van der Waals surface area contributed by atoms with E-state index in [9.17, 15) is 17.6 Å². The van der Waals surface area contributed by atoms with Gasteiger partial charge >= 0.3 is 0 Å². The molecule has 0 fully saturated rings. The standard InChI is InChI=1S/C17H18ClFN2O3S/c1-10-8-12(25(23,24)21(3)4)9-15(11(10)2)20-17(22)16-13(18)6-5-7-14(16)19/h5-9H,1-4H3,(H,20,22). The zero-order valence-electron chi connectivity index (χ0n) is 14.2.